The third kappa shape index (κ3) is 3.50. The van der Waals surface area contributed by atoms with Gasteiger partial charge in [-0.1, -0.05) is 29.8 Å². The van der Waals surface area contributed by atoms with E-state index in [4.69, 9.17) is 11.6 Å². The Morgan fingerprint density at radius 1 is 1.10 bits per heavy atom. The third-order valence-corrected chi connectivity index (χ3v) is 4.83. The summed E-state index contributed by atoms with van der Waals surface area (Å²) < 4.78 is 15.3. The molecule has 0 bridgehead atoms. The number of nitrogens with zero attached hydrogens (tertiary/aromatic N) is 2. The number of nitrogens with one attached hydrogen (secondary N) is 1. The zero-order valence-corrected chi connectivity index (χ0v) is 16.1. The fourth-order valence-electron chi connectivity index (χ4n) is 3.08. The largest absolute Gasteiger partial charge is 0.329 e. The molecule has 0 fully saturated rings. The fourth-order valence-corrected chi connectivity index (χ4v) is 3.25. The van der Waals surface area contributed by atoms with Crippen molar-refractivity contribution in [3.63, 3.8) is 0 Å². The van der Waals surface area contributed by atoms with Crippen LogP contribution in [0.2, 0.25) is 5.02 Å². The molecule has 0 spiro atoms. The molecule has 0 saturated heterocycles. The number of benzene rings is 2. The van der Waals surface area contributed by atoms with Crippen molar-refractivity contribution in [2.75, 3.05) is 0 Å². The van der Waals surface area contributed by atoms with Crippen LogP contribution >= 0.6 is 11.6 Å². The van der Waals surface area contributed by atoms with Gasteiger partial charge >= 0.3 is 0 Å². The molecule has 0 amide bonds. The molecule has 144 valence electrons. The van der Waals surface area contributed by atoms with E-state index in [0.717, 1.165) is 0 Å². The molecule has 2 heterocycles. The van der Waals surface area contributed by atoms with Gasteiger partial charge in [-0.3, -0.25) is 14.2 Å². The van der Waals surface area contributed by atoms with E-state index < -0.39 is 5.82 Å². The van der Waals surface area contributed by atoms with Crippen molar-refractivity contribution in [2.45, 2.75) is 6.92 Å². The maximum Gasteiger partial charge on any atom is 0.266 e. The van der Waals surface area contributed by atoms with E-state index in [9.17, 15) is 14.0 Å². The van der Waals surface area contributed by atoms with Crippen LogP contribution < -0.4 is 11.1 Å². The second-order valence-corrected chi connectivity index (χ2v) is 6.88. The minimum atomic E-state index is -0.391. The molecule has 0 saturated carbocycles. The van der Waals surface area contributed by atoms with Gasteiger partial charge in [-0.15, -0.1) is 0 Å². The summed E-state index contributed by atoms with van der Waals surface area (Å²) in [6.45, 7) is 1.62. The first-order chi connectivity index (χ1) is 14.0. The first-order valence-corrected chi connectivity index (χ1v) is 9.17. The third-order valence-electron chi connectivity index (χ3n) is 4.59. The zero-order chi connectivity index (χ0) is 20.5. The summed E-state index contributed by atoms with van der Waals surface area (Å²) in [5.41, 5.74) is 0.863. The van der Waals surface area contributed by atoms with Gasteiger partial charge in [0.25, 0.3) is 11.1 Å². The summed E-state index contributed by atoms with van der Waals surface area (Å²) in [4.78, 5) is 32.5. The number of halogens is 2. The Morgan fingerprint density at radius 3 is 2.69 bits per heavy atom. The number of fused-ring (bicyclic) bond motifs is 1. The van der Waals surface area contributed by atoms with E-state index in [1.54, 1.807) is 49.4 Å². The Morgan fingerprint density at radius 2 is 1.90 bits per heavy atom. The molecule has 4 rings (SSSR count). The minimum absolute atomic E-state index is 0.266. The molecular weight excluding hydrogens is 393 g/mol. The summed E-state index contributed by atoms with van der Waals surface area (Å²) >= 11 is 6.06. The number of aromatic amines is 1. The first kappa shape index (κ1) is 18.8. The maximum absolute atomic E-state index is 14.0. The van der Waals surface area contributed by atoms with E-state index in [2.05, 4.69) is 9.97 Å². The first-order valence-electron chi connectivity index (χ1n) is 8.79. The summed E-state index contributed by atoms with van der Waals surface area (Å²) in [5, 5.41) is 0.723. The lowest BCUT2D eigenvalue weighted by Crippen LogP contribution is -2.25. The molecule has 2 aromatic carbocycles. The van der Waals surface area contributed by atoms with Crippen LogP contribution in [0, 0.1) is 12.7 Å². The van der Waals surface area contributed by atoms with Crippen LogP contribution in [0.15, 0.2) is 64.3 Å². The number of aromatic nitrogens is 3. The van der Waals surface area contributed by atoms with Gasteiger partial charge in [0.1, 0.15) is 11.6 Å². The fraction of sp³-hybridized carbons (Fsp3) is 0.0455. The van der Waals surface area contributed by atoms with Gasteiger partial charge in [0.2, 0.25) is 0 Å². The van der Waals surface area contributed by atoms with Crippen molar-refractivity contribution in [2.24, 2.45) is 0 Å². The average molecular weight is 408 g/mol. The maximum atomic E-state index is 14.0. The van der Waals surface area contributed by atoms with E-state index >= 15 is 0 Å². The Kier molecular flexibility index (Phi) is 4.86. The number of pyridine rings is 1. The molecule has 1 N–H and O–H groups in total. The second kappa shape index (κ2) is 7.48. The molecule has 0 aliphatic heterocycles. The van der Waals surface area contributed by atoms with Crippen LogP contribution in [0.1, 0.15) is 17.0 Å². The van der Waals surface area contributed by atoms with Gasteiger partial charge in [0.05, 0.1) is 16.6 Å². The Balaban J connectivity index is 2.03. The Bertz CT molecular complexity index is 1390. The van der Waals surface area contributed by atoms with E-state index in [0.29, 0.717) is 32.7 Å². The van der Waals surface area contributed by atoms with Crippen LogP contribution in [0.4, 0.5) is 4.39 Å². The lowest BCUT2D eigenvalue weighted by Gasteiger charge is -2.13. The number of hydrogen-bond acceptors (Lipinski definition) is 3. The van der Waals surface area contributed by atoms with Crippen molar-refractivity contribution >= 4 is 34.7 Å². The number of rotatable bonds is 3. The topological polar surface area (TPSA) is 67.8 Å². The predicted octanol–water partition coefficient (Wildman–Crippen LogP) is 4.35. The van der Waals surface area contributed by atoms with Crippen LogP contribution in [-0.4, -0.2) is 14.5 Å². The van der Waals surface area contributed by atoms with Crippen LogP contribution in [0.25, 0.3) is 28.7 Å². The standard InChI is InChI=1S/C22H15ClFN3O2/c1-13-19(10-11-25-21(13)28)27-20(9-6-14-4-2-3-5-17(14)24)26-18-8-7-15(23)12-16(18)22(27)29/h2-12H,1H3,(H,25,28)/b9-6+. The van der Waals surface area contributed by atoms with E-state index in [1.807, 2.05) is 0 Å². The average Bonchev–Trinajstić information content (AvgIpc) is 2.71. The molecule has 2 aromatic heterocycles. The lowest BCUT2D eigenvalue weighted by molar-refractivity contribution is 0.625. The van der Waals surface area contributed by atoms with Crippen molar-refractivity contribution in [3.8, 4) is 5.69 Å². The highest BCUT2D eigenvalue weighted by Crippen LogP contribution is 2.19. The van der Waals surface area contributed by atoms with E-state index in [1.165, 1.54) is 29.0 Å². The molecule has 4 aromatic rings. The summed E-state index contributed by atoms with van der Waals surface area (Å²) in [6, 6.07) is 12.7. The molecule has 0 radical (unpaired) electrons. The number of hydrogen-bond donors (Lipinski definition) is 1. The highest BCUT2D eigenvalue weighted by molar-refractivity contribution is 6.31. The summed E-state index contributed by atoms with van der Waals surface area (Å²) in [7, 11) is 0. The van der Waals surface area contributed by atoms with Crippen molar-refractivity contribution in [1.29, 1.82) is 0 Å². The van der Waals surface area contributed by atoms with Crippen LogP contribution in [-0.2, 0) is 0 Å². The normalized spacial score (nSPS) is 11.4. The smallest absolute Gasteiger partial charge is 0.266 e. The molecular formula is C22H15ClFN3O2. The molecule has 0 aliphatic carbocycles. The Labute approximate surface area is 169 Å². The predicted molar refractivity (Wildman–Crippen MR) is 113 cm³/mol. The quantitative estimate of drug-likeness (QED) is 0.549. The second-order valence-electron chi connectivity index (χ2n) is 6.44. The van der Waals surface area contributed by atoms with Gasteiger partial charge in [-0.2, -0.15) is 0 Å². The van der Waals surface area contributed by atoms with Gasteiger partial charge < -0.3 is 4.98 Å². The van der Waals surface area contributed by atoms with Gasteiger partial charge in [-0.25, -0.2) is 9.37 Å². The van der Waals surface area contributed by atoms with Gasteiger partial charge in [0, 0.05) is 22.3 Å². The minimum Gasteiger partial charge on any atom is -0.329 e. The molecule has 0 atom stereocenters. The van der Waals surface area contributed by atoms with Gasteiger partial charge in [-0.05, 0) is 49.4 Å². The van der Waals surface area contributed by atoms with Crippen molar-refractivity contribution in [1.82, 2.24) is 14.5 Å². The summed E-state index contributed by atoms with van der Waals surface area (Å²) in [6.07, 6.45) is 4.55. The van der Waals surface area contributed by atoms with Crippen molar-refractivity contribution in [3.05, 3.63) is 103 Å². The van der Waals surface area contributed by atoms with Crippen LogP contribution in [0.5, 0.6) is 0 Å². The Hall–Kier alpha value is -3.51. The van der Waals surface area contributed by atoms with E-state index in [-0.39, 0.29) is 16.9 Å². The van der Waals surface area contributed by atoms with Gasteiger partial charge in [0.15, 0.2) is 0 Å². The number of H-pyrrole nitrogens is 1. The zero-order valence-electron chi connectivity index (χ0n) is 15.3. The summed E-state index contributed by atoms with van der Waals surface area (Å²) in [5.74, 6) is -0.126. The molecule has 0 aliphatic rings. The lowest BCUT2D eigenvalue weighted by atomic mass is 10.1. The molecule has 7 heteroatoms. The SMILES string of the molecule is Cc1c(-n2c(/C=C/c3ccccc3F)nc3ccc(Cl)cc3c2=O)cc[nH]c1=O. The highest BCUT2D eigenvalue weighted by Gasteiger charge is 2.14. The monoisotopic (exact) mass is 407 g/mol. The highest BCUT2D eigenvalue weighted by atomic mass is 35.5. The van der Waals surface area contributed by atoms with Crippen LogP contribution in [0.3, 0.4) is 0 Å². The molecule has 5 nitrogen and oxygen atoms in total. The molecule has 0 unspecified atom stereocenters. The molecule has 29 heavy (non-hydrogen) atoms. The van der Waals surface area contributed by atoms with Crippen molar-refractivity contribution < 1.29 is 4.39 Å².